The zero-order valence-electron chi connectivity index (χ0n) is 19.3. The van der Waals surface area contributed by atoms with Gasteiger partial charge in [-0.1, -0.05) is 56.2 Å². The molecule has 0 spiro atoms. The molecule has 4 nitrogen and oxygen atoms in total. The summed E-state index contributed by atoms with van der Waals surface area (Å²) in [5, 5.41) is 3.15. The molecule has 3 rings (SSSR count). The first-order chi connectivity index (χ1) is 15.0. The van der Waals surface area contributed by atoms with E-state index in [0.717, 1.165) is 49.3 Å². The number of anilines is 1. The average molecular weight is 418 g/mol. The number of nitrogens with one attached hydrogen (secondary N) is 1. The summed E-state index contributed by atoms with van der Waals surface area (Å²) in [7, 11) is 0. The summed E-state index contributed by atoms with van der Waals surface area (Å²) >= 11 is 0. The van der Waals surface area contributed by atoms with Crippen LogP contribution in [0, 0.1) is 20.8 Å². The maximum atomic E-state index is 13.2. The predicted molar refractivity (Wildman–Crippen MR) is 130 cm³/mol. The largest absolute Gasteiger partial charge is 0.345 e. The number of aryl methyl sites for hydroxylation is 2. The number of unbranched alkanes of at least 4 members (excludes halogenated alkanes) is 2. The van der Waals surface area contributed by atoms with Gasteiger partial charge in [0.15, 0.2) is 0 Å². The Kier molecular flexibility index (Phi) is 7.94. The predicted octanol–water partition coefficient (Wildman–Crippen LogP) is 6.69. The fourth-order valence-corrected chi connectivity index (χ4v) is 3.80. The van der Waals surface area contributed by atoms with Gasteiger partial charge in [-0.3, -0.25) is 0 Å². The highest BCUT2D eigenvalue weighted by molar-refractivity contribution is 5.90. The van der Waals surface area contributed by atoms with Crippen molar-refractivity contribution in [3.8, 4) is 0 Å². The van der Waals surface area contributed by atoms with Crippen LogP contribution < -0.4 is 5.32 Å². The van der Waals surface area contributed by atoms with Gasteiger partial charge in [-0.05, 0) is 67.6 Å². The van der Waals surface area contributed by atoms with Gasteiger partial charge in [0.1, 0.15) is 0 Å². The van der Waals surface area contributed by atoms with Gasteiger partial charge in [-0.15, -0.1) is 0 Å². The second-order valence-electron chi connectivity index (χ2n) is 8.36. The van der Waals surface area contributed by atoms with Crippen LogP contribution in [0.5, 0.6) is 0 Å². The van der Waals surface area contributed by atoms with Crippen LogP contribution in [-0.4, -0.2) is 22.0 Å². The van der Waals surface area contributed by atoms with Gasteiger partial charge in [0.25, 0.3) is 0 Å². The lowest BCUT2D eigenvalue weighted by molar-refractivity contribution is 0.206. The Morgan fingerprint density at radius 3 is 2.48 bits per heavy atom. The molecule has 1 heterocycles. The number of amides is 2. The highest BCUT2D eigenvalue weighted by Gasteiger charge is 2.17. The lowest BCUT2D eigenvalue weighted by Gasteiger charge is -2.25. The number of carbonyl (C=O) groups excluding carboxylic acids is 1. The Morgan fingerprint density at radius 1 is 0.935 bits per heavy atom. The number of carbonyl (C=O) groups is 1. The Hall–Kier alpha value is -3.01. The van der Waals surface area contributed by atoms with Crippen LogP contribution in [0.2, 0.25) is 0 Å². The molecule has 31 heavy (non-hydrogen) atoms. The third-order valence-electron chi connectivity index (χ3n) is 6.04. The van der Waals surface area contributed by atoms with E-state index in [2.05, 4.69) is 86.2 Å². The maximum absolute atomic E-state index is 13.2. The van der Waals surface area contributed by atoms with Crippen LogP contribution in [0.15, 0.2) is 60.8 Å². The molecule has 2 amide bonds. The molecule has 0 fully saturated rings. The molecule has 0 saturated heterocycles. The van der Waals surface area contributed by atoms with E-state index in [1.807, 2.05) is 17.0 Å². The summed E-state index contributed by atoms with van der Waals surface area (Å²) in [5.74, 6) is 0. The number of urea groups is 1. The van der Waals surface area contributed by atoms with E-state index >= 15 is 0 Å². The van der Waals surface area contributed by atoms with Crippen molar-refractivity contribution in [2.45, 2.75) is 60.0 Å². The van der Waals surface area contributed by atoms with Gasteiger partial charge in [0.05, 0.1) is 6.54 Å². The van der Waals surface area contributed by atoms with Gasteiger partial charge in [0, 0.05) is 30.7 Å². The highest BCUT2D eigenvalue weighted by Crippen LogP contribution is 2.20. The Balaban J connectivity index is 1.77. The molecule has 1 N–H and O–H groups in total. The van der Waals surface area contributed by atoms with Crippen LogP contribution in [-0.2, 0) is 13.1 Å². The van der Waals surface area contributed by atoms with Gasteiger partial charge < -0.3 is 14.8 Å². The van der Waals surface area contributed by atoms with Crippen molar-refractivity contribution in [2.75, 3.05) is 11.9 Å². The summed E-state index contributed by atoms with van der Waals surface area (Å²) in [4.78, 5) is 15.2. The first kappa shape index (κ1) is 22.7. The topological polar surface area (TPSA) is 37.3 Å². The summed E-state index contributed by atoms with van der Waals surface area (Å²) in [6.07, 6.45) is 5.37. The van der Waals surface area contributed by atoms with Crippen molar-refractivity contribution in [1.82, 2.24) is 9.47 Å². The second kappa shape index (κ2) is 10.9. The molecule has 0 aliphatic rings. The minimum atomic E-state index is -0.0338. The molecule has 0 saturated carbocycles. The van der Waals surface area contributed by atoms with Crippen molar-refractivity contribution in [2.24, 2.45) is 0 Å². The van der Waals surface area contributed by atoms with E-state index in [1.165, 1.54) is 16.7 Å². The zero-order valence-corrected chi connectivity index (χ0v) is 19.3. The quantitative estimate of drug-likeness (QED) is 0.387. The second-order valence-corrected chi connectivity index (χ2v) is 8.36. The number of hydrogen-bond acceptors (Lipinski definition) is 1. The van der Waals surface area contributed by atoms with Gasteiger partial charge in [0.2, 0.25) is 0 Å². The van der Waals surface area contributed by atoms with E-state index in [4.69, 9.17) is 0 Å². The average Bonchev–Trinajstić information content (AvgIpc) is 3.19. The summed E-state index contributed by atoms with van der Waals surface area (Å²) in [6.45, 7) is 10.6. The molecule has 2 aromatic carbocycles. The van der Waals surface area contributed by atoms with E-state index < -0.39 is 0 Å². The number of rotatable bonds is 9. The normalized spacial score (nSPS) is 10.8. The molecule has 0 aliphatic carbocycles. The van der Waals surface area contributed by atoms with Crippen molar-refractivity contribution in [3.05, 3.63) is 88.7 Å². The van der Waals surface area contributed by atoms with Gasteiger partial charge >= 0.3 is 6.03 Å². The van der Waals surface area contributed by atoms with Crippen LogP contribution in [0.4, 0.5) is 10.5 Å². The van der Waals surface area contributed by atoms with Gasteiger partial charge in [-0.25, -0.2) is 4.79 Å². The molecular formula is C27H35N3O. The minimum absolute atomic E-state index is 0.0338. The van der Waals surface area contributed by atoms with E-state index in [-0.39, 0.29) is 6.03 Å². The molecule has 1 aromatic heterocycles. The SMILES string of the molecule is CCCCCN(Cc1cccn1Cc1ccccc1C)C(=O)Nc1cccc(C)c1C. The lowest BCUT2D eigenvalue weighted by Crippen LogP contribution is -2.36. The van der Waals surface area contributed by atoms with Crippen molar-refractivity contribution in [1.29, 1.82) is 0 Å². The maximum Gasteiger partial charge on any atom is 0.322 e. The van der Waals surface area contributed by atoms with E-state index in [9.17, 15) is 4.79 Å². The fraction of sp³-hybridized carbons (Fsp3) is 0.370. The van der Waals surface area contributed by atoms with Crippen molar-refractivity contribution >= 4 is 11.7 Å². The van der Waals surface area contributed by atoms with Crippen molar-refractivity contribution < 1.29 is 4.79 Å². The summed E-state index contributed by atoms with van der Waals surface area (Å²) < 4.78 is 2.25. The number of aromatic nitrogens is 1. The lowest BCUT2D eigenvalue weighted by atomic mass is 10.1. The molecule has 0 bridgehead atoms. The third-order valence-corrected chi connectivity index (χ3v) is 6.04. The first-order valence-electron chi connectivity index (χ1n) is 11.3. The molecule has 0 aliphatic heterocycles. The van der Waals surface area contributed by atoms with Gasteiger partial charge in [-0.2, -0.15) is 0 Å². The molecule has 0 unspecified atom stereocenters. The molecule has 4 heteroatoms. The molecule has 0 radical (unpaired) electrons. The van der Waals surface area contributed by atoms with E-state index in [0.29, 0.717) is 6.54 Å². The molecule has 3 aromatic rings. The minimum Gasteiger partial charge on any atom is -0.345 e. The Morgan fingerprint density at radius 2 is 1.71 bits per heavy atom. The highest BCUT2D eigenvalue weighted by atomic mass is 16.2. The number of benzene rings is 2. The fourth-order valence-electron chi connectivity index (χ4n) is 3.80. The number of hydrogen-bond donors (Lipinski definition) is 1. The first-order valence-corrected chi connectivity index (χ1v) is 11.3. The molecule has 0 atom stereocenters. The Labute approximate surface area is 186 Å². The van der Waals surface area contributed by atoms with Crippen LogP contribution in [0.3, 0.4) is 0 Å². The third kappa shape index (κ3) is 6.00. The standard InChI is InChI=1S/C27H35N3O/c1-5-6-9-17-30(27(31)28-26-16-10-13-21(2)23(26)4)20-25-15-11-18-29(25)19-24-14-8-7-12-22(24)3/h7-8,10-16,18H,5-6,9,17,19-20H2,1-4H3,(H,28,31). The molecule has 164 valence electrons. The summed E-state index contributed by atoms with van der Waals surface area (Å²) in [5.41, 5.74) is 6.93. The zero-order chi connectivity index (χ0) is 22.2. The smallest absolute Gasteiger partial charge is 0.322 e. The monoisotopic (exact) mass is 417 g/mol. The Bertz CT molecular complexity index is 1010. The van der Waals surface area contributed by atoms with Crippen molar-refractivity contribution in [3.63, 3.8) is 0 Å². The number of nitrogens with zero attached hydrogens (tertiary/aromatic N) is 2. The van der Waals surface area contributed by atoms with Crippen LogP contribution >= 0.6 is 0 Å². The molecular weight excluding hydrogens is 382 g/mol. The summed E-state index contributed by atoms with van der Waals surface area (Å²) in [6, 6.07) is 18.7. The van der Waals surface area contributed by atoms with Crippen LogP contribution in [0.25, 0.3) is 0 Å². The van der Waals surface area contributed by atoms with Crippen LogP contribution in [0.1, 0.15) is 54.1 Å². The van der Waals surface area contributed by atoms with E-state index in [1.54, 1.807) is 0 Å².